The molecule has 0 unspecified atom stereocenters. The van der Waals surface area contributed by atoms with Crippen molar-refractivity contribution in [3.05, 3.63) is 46.1 Å². The second-order valence-corrected chi connectivity index (χ2v) is 6.20. The summed E-state index contributed by atoms with van der Waals surface area (Å²) in [6, 6.07) is 5.73. The third kappa shape index (κ3) is 3.56. The Morgan fingerprint density at radius 1 is 1.43 bits per heavy atom. The van der Waals surface area contributed by atoms with E-state index in [0.717, 1.165) is 21.3 Å². The number of aromatic nitrogens is 2. The van der Waals surface area contributed by atoms with E-state index in [1.807, 2.05) is 29.8 Å². The predicted molar refractivity (Wildman–Crippen MR) is 80.2 cm³/mol. The lowest BCUT2D eigenvalue weighted by molar-refractivity contribution is -0.144. The molecule has 0 aliphatic rings. The summed E-state index contributed by atoms with van der Waals surface area (Å²) in [5, 5.41) is 8.55. The average molecular weight is 320 g/mol. The second-order valence-electron chi connectivity index (χ2n) is 4.39. The van der Waals surface area contributed by atoms with Crippen LogP contribution in [-0.4, -0.2) is 16.1 Å². The van der Waals surface area contributed by atoms with E-state index in [-0.39, 0.29) is 19.0 Å². The Morgan fingerprint density at radius 2 is 2.33 bits per heavy atom. The highest BCUT2D eigenvalue weighted by Gasteiger charge is 2.11. The highest BCUT2D eigenvalue weighted by Crippen LogP contribution is 2.27. The van der Waals surface area contributed by atoms with E-state index in [0.29, 0.717) is 5.76 Å². The Labute approximate surface area is 129 Å². The van der Waals surface area contributed by atoms with Crippen molar-refractivity contribution in [2.24, 2.45) is 0 Å². The van der Waals surface area contributed by atoms with Gasteiger partial charge in [0.2, 0.25) is 0 Å². The van der Waals surface area contributed by atoms with Crippen molar-refractivity contribution in [1.29, 1.82) is 0 Å². The fourth-order valence-corrected chi connectivity index (χ4v) is 3.37. The molecule has 3 heterocycles. The number of carbonyl (C=O) groups is 1. The fraction of sp³-hybridized carbons (Fsp3) is 0.214. The van der Waals surface area contributed by atoms with Crippen molar-refractivity contribution in [3.63, 3.8) is 0 Å². The summed E-state index contributed by atoms with van der Waals surface area (Å²) < 4.78 is 10.1. The predicted octanol–water partition coefficient (Wildman–Crippen LogP) is 3.45. The minimum Gasteiger partial charge on any atom is -0.457 e. The Morgan fingerprint density at radius 3 is 3.05 bits per heavy atom. The van der Waals surface area contributed by atoms with Gasteiger partial charge in [-0.3, -0.25) is 4.79 Å². The van der Waals surface area contributed by atoms with Crippen LogP contribution < -0.4 is 0 Å². The highest BCUT2D eigenvalue weighted by atomic mass is 32.1. The van der Waals surface area contributed by atoms with Crippen LogP contribution in [0.3, 0.4) is 0 Å². The zero-order valence-corrected chi connectivity index (χ0v) is 12.9. The number of thiazole rings is 1. The minimum absolute atomic E-state index is 0.0988. The van der Waals surface area contributed by atoms with Crippen LogP contribution in [0.5, 0.6) is 0 Å². The van der Waals surface area contributed by atoms with Crippen molar-refractivity contribution in [2.75, 3.05) is 0 Å². The number of esters is 1. The molecule has 0 aliphatic heterocycles. The summed E-state index contributed by atoms with van der Waals surface area (Å²) in [6.45, 7) is 1.91. The first-order chi connectivity index (χ1) is 10.2. The van der Waals surface area contributed by atoms with Gasteiger partial charge in [0.25, 0.3) is 0 Å². The maximum atomic E-state index is 11.8. The number of nitrogens with zero attached hydrogens (tertiary/aromatic N) is 2. The van der Waals surface area contributed by atoms with Gasteiger partial charge < -0.3 is 9.26 Å². The first-order valence-electron chi connectivity index (χ1n) is 6.27. The summed E-state index contributed by atoms with van der Waals surface area (Å²) in [5.41, 5.74) is 1.49. The molecule has 3 aromatic rings. The number of carbonyl (C=O) groups excluding carboxylic acids is 1. The molecule has 7 heteroatoms. The molecule has 0 fully saturated rings. The molecule has 0 radical (unpaired) electrons. The molecule has 0 bridgehead atoms. The molecule has 0 saturated carbocycles. The van der Waals surface area contributed by atoms with E-state index >= 15 is 0 Å². The maximum Gasteiger partial charge on any atom is 0.312 e. The Bertz CT molecular complexity index is 731. The standard InChI is InChI=1S/C14H12N2O3S2/c1-9-5-11(19-16-9)7-18-13(17)6-10-8-21-14(15-10)12-3-2-4-20-12/h2-5,8H,6-7H2,1H3. The summed E-state index contributed by atoms with van der Waals surface area (Å²) in [6.07, 6.45) is 0.162. The monoisotopic (exact) mass is 320 g/mol. The number of thiophene rings is 1. The molecule has 0 saturated heterocycles. The van der Waals surface area contributed by atoms with Crippen molar-refractivity contribution in [1.82, 2.24) is 10.1 Å². The number of aryl methyl sites for hydroxylation is 1. The summed E-state index contributed by atoms with van der Waals surface area (Å²) in [4.78, 5) is 17.3. The highest BCUT2D eigenvalue weighted by molar-refractivity contribution is 7.20. The van der Waals surface area contributed by atoms with Gasteiger partial charge in [0.1, 0.15) is 5.01 Å². The summed E-state index contributed by atoms with van der Waals surface area (Å²) in [7, 11) is 0. The van der Waals surface area contributed by atoms with E-state index in [1.165, 1.54) is 11.3 Å². The van der Waals surface area contributed by atoms with E-state index < -0.39 is 0 Å². The second kappa shape index (κ2) is 6.19. The van der Waals surface area contributed by atoms with Crippen molar-refractivity contribution in [3.8, 4) is 9.88 Å². The number of rotatable bonds is 5. The van der Waals surface area contributed by atoms with Gasteiger partial charge >= 0.3 is 5.97 Å². The van der Waals surface area contributed by atoms with E-state index in [9.17, 15) is 4.79 Å². The van der Waals surface area contributed by atoms with Gasteiger partial charge in [-0.05, 0) is 18.4 Å². The minimum atomic E-state index is -0.327. The van der Waals surface area contributed by atoms with E-state index in [4.69, 9.17) is 9.26 Å². The molecular weight excluding hydrogens is 308 g/mol. The third-order valence-corrected chi connectivity index (χ3v) is 4.59. The van der Waals surface area contributed by atoms with Gasteiger partial charge in [-0.25, -0.2) is 4.98 Å². The first-order valence-corrected chi connectivity index (χ1v) is 8.03. The van der Waals surface area contributed by atoms with Crippen LogP contribution in [-0.2, 0) is 22.6 Å². The molecule has 0 N–H and O–H groups in total. The smallest absolute Gasteiger partial charge is 0.312 e. The molecule has 0 aromatic carbocycles. The van der Waals surface area contributed by atoms with E-state index in [1.54, 1.807) is 17.4 Å². The quantitative estimate of drug-likeness (QED) is 0.674. The molecule has 0 spiro atoms. The Balaban J connectivity index is 1.55. The molecular formula is C14H12N2O3S2. The van der Waals surface area contributed by atoms with Crippen LogP contribution >= 0.6 is 22.7 Å². The molecule has 3 aromatic heterocycles. The molecule has 5 nitrogen and oxygen atoms in total. The van der Waals surface area contributed by atoms with Crippen LogP contribution in [0.4, 0.5) is 0 Å². The molecule has 0 aliphatic carbocycles. The normalized spacial score (nSPS) is 10.7. The third-order valence-electron chi connectivity index (χ3n) is 2.66. The SMILES string of the molecule is Cc1cc(COC(=O)Cc2csc(-c3cccs3)n2)on1. The molecule has 108 valence electrons. The molecule has 3 rings (SSSR count). The van der Waals surface area contributed by atoms with Crippen molar-refractivity contribution < 1.29 is 14.1 Å². The number of hydrogen-bond acceptors (Lipinski definition) is 7. The number of hydrogen-bond donors (Lipinski definition) is 0. The van der Waals surface area contributed by atoms with Gasteiger partial charge in [0.05, 0.1) is 22.7 Å². The van der Waals surface area contributed by atoms with Crippen LogP contribution in [0.2, 0.25) is 0 Å². The van der Waals surface area contributed by atoms with Gasteiger partial charge in [0, 0.05) is 11.4 Å². The lowest BCUT2D eigenvalue weighted by atomic mass is 10.3. The van der Waals surface area contributed by atoms with E-state index in [2.05, 4.69) is 10.1 Å². The van der Waals surface area contributed by atoms with Crippen LogP contribution in [0.25, 0.3) is 9.88 Å². The summed E-state index contributed by atoms with van der Waals surface area (Å²) >= 11 is 3.16. The lowest BCUT2D eigenvalue weighted by Gasteiger charge is -2.00. The Kier molecular flexibility index (Phi) is 4.12. The van der Waals surface area contributed by atoms with Crippen molar-refractivity contribution in [2.45, 2.75) is 20.0 Å². The maximum absolute atomic E-state index is 11.8. The molecule has 0 amide bonds. The fourth-order valence-electron chi connectivity index (χ4n) is 1.74. The van der Waals surface area contributed by atoms with Crippen LogP contribution in [0.15, 0.2) is 33.5 Å². The van der Waals surface area contributed by atoms with Crippen LogP contribution in [0.1, 0.15) is 17.1 Å². The lowest BCUT2D eigenvalue weighted by Crippen LogP contribution is -2.07. The zero-order chi connectivity index (χ0) is 14.7. The first kappa shape index (κ1) is 14.0. The van der Waals surface area contributed by atoms with Crippen molar-refractivity contribution >= 4 is 28.6 Å². The largest absolute Gasteiger partial charge is 0.457 e. The average Bonchev–Trinajstić information content (AvgIpc) is 3.16. The topological polar surface area (TPSA) is 65.2 Å². The molecule has 21 heavy (non-hydrogen) atoms. The zero-order valence-electron chi connectivity index (χ0n) is 11.2. The summed E-state index contributed by atoms with van der Waals surface area (Å²) in [5.74, 6) is 0.213. The Hall–Kier alpha value is -1.99. The van der Waals surface area contributed by atoms with Gasteiger partial charge in [-0.1, -0.05) is 11.2 Å². The van der Waals surface area contributed by atoms with Gasteiger partial charge in [0.15, 0.2) is 12.4 Å². The number of ether oxygens (including phenoxy) is 1. The molecule has 0 atom stereocenters. The van der Waals surface area contributed by atoms with Gasteiger partial charge in [-0.15, -0.1) is 22.7 Å². The van der Waals surface area contributed by atoms with Crippen LogP contribution in [0, 0.1) is 6.92 Å². The van der Waals surface area contributed by atoms with Gasteiger partial charge in [-0.2, -0.15) is 0 Å².